The van der Waals surface area contributed by atoms with Gasteiger partial charge in [-0.25, -0.2) is 4.98 Å². The molecule has 0 aliphatic carbocycles. The topological polar surface area (TPSA) is 45.2 Å². The van der Waals surface area contributed by atoms with Crippen molar-refractivity contribution in [1.29, 1.82) is 0 Å². The molecule has 1 heterocycles. The Kier molecular flexibility index (Phi) is 4.96. The number of nitrogens with zero attached hydrogens (tertiary/aromatic N) is 2. The summed E-state index contributed by atoms with van der Waals surface area (Å²) in [5.41, 5.74) is 0.995. The lowest BCUT2D eigenvalue weighted by molar-refractivity contribution is -0.121. The smallest absolute Gasteiger partial charge is 0.234 e. The Morgan fingerprint density at radius 2 is 2.50 bits per heavy atom. The summed E-state index contributed by atoms with van der Waals surface area (Å²) in [6, 6.07) is 0. The lowest BCUT2D eigenvalue weighted by atomic mass is 10.4. The molecule has 0 spiro atoms. The van der Waals surface area contributed by atoms with Crippen LogP contribution in [0.3, 0.4) is 0 Å². The van der Waals surface area contributed by atoms with Crippen LogP contribution in [0.15, 0.2) is 5.38 Å². The quantitative estimate of drug-likeness (QED) is 0.764. The van der Waals surface area contributed by atoms with E-state index in [2.05, 4.69) is 16.2 Å². The van der Waals surface area contributed by atoms with Crippen LogP contribution < -0.4 is 5.32 Å². The van der Waals surface area contributed by atoms with Crippen molar-refractivity contribution in [3.05, 3.63) is 16.1 Å². The van der Waals surface area contributed by atoms with Gasteiger partial charge in [0, 0.05) is 11.9 Å². The van der Waals surface area contributed by atoms with Gasteiger partial charge in [-0.2, -0.15) is 0 Å². The third kappa shape index (κ3) is 4.43. The molecule has 0 radical (unpaired) electrons. The van der Waals surface area contributed by atoms with Crippen LogP contribution in [0.4, 0.5) is 0 Å². The summed E-state index contributed by atoms with van der Waals surface area (Å²) in [4.78, 5) is 17.6. The number of thiazole rings is 1. The Balaban J connectivity index is 2.33. The molecule has 1 N–H and O–H groups in total. The Hall–Kier alpha value is -1.38. The number of aryl methyl sites for hydroxylation is 1. The summed E-state index contributed by atoms with van der Waals surface area (Å²) in [7, 11) is 1.88. The van der Waals surface area contributed by atoms with E-state index in [-0.39, 0.29) is 12.5 Å². The molecule has 1 rings (SSSR count). The molecule has 0 aliphatic heterocycles. The summed E-state index contributed by atoms with van der Waals surface area (Å²) < 4.78 is 0. The first-order valence-electron chi connectivity index (χ1n) is 4.91. The first-order valence-corrected chi connectivity index (χ1v) is 5.79. The van der Waals surface area contributed by atoms with E-state index in [1.165, 1.54) is 0 Å². The fourth-order valence-electron chi connectivity index (χ4n) is 1.26. The number of carbonyl (C=O) groups is 1. The highest BCUT2D eigenvalue weighted by molar-refractivity contribution is 7.09. The number of likely N-dealkylation sites (N-methyl/N-ethyl adjacent to an activating group) is 1. The number of rotatable bonds is 5. The number of carbonyl (C=O) groups excluding carboxylic acids is 1. The maximum atomic E-state index is 11.3. The van der Waals surface area contributed by atoms with E-state index in [0.29, 0.717) is 13.1 Å². The van der Waals surface area contributed by atoms with E-state index in [0.717, 1.165) is 10.7 Å². The van der Waals surface area contributed by atoms with Crippen LogP contribution in [0.1, 0.15) is 10.7 Å². The summed E-state index contributed by atoms with van der Waals surface area (Å²) in [5, 5.41) is 5.67. The van der Waals surface area contributed by atoms with Crippen molar-refractivity contribution in [2.24, 2.45) is 0 Å². The number of nitrogens with one attached hydrogen (secondary N) is 1. The number of hydrogen-bond donors (Lipinski definition) is 1. The molecule has 4 nitrogen and oxygen atoms in total. The van der Waals surface area contributed by atoms with Crippen molar-refractivity contribution in [2.75, 3.05) is 20.1 Å². The summed E-state index contributed by atoms with van der Waals surface area (Å²) in [5.74, 6) is 2.30. The molecule has 0 unspecified atom stereocenters. The molecule has 0 saturated carbocycles. The second-order valence-electron chi connectivity index (χ2n) is 3.51. The fourth-order valence-corrected chi connectivity index (χ4v) is 1.87. The van der Waals surface area contributed by atoms with E-state index in [1.807, 2.05) is 24.3 Å². The van der Waals surface area contributed by atoms with Crippen LogP contribution in [-0.4, -0.2) is 35.9 Å². The zero-order valence-corrected chi connectivity index (χ0v) is 10.3. The minimum atomic E-state index is -0.0626. The van der Waals surface area contributed by atoms with Gasteiger partial charge in [0.1, 0.15) is 0 Å². The highest BCUT2D eigenvalue weighted by atomic mass is 32.1. The van der Waals surface area contributed by atoms with Crippen molar-refractivity contribution in [3.63, 3.8) is 0 Å². The van der Waals surface area contributed by atoms with E-state index in [1.54, 1.807) is 11.3 Å². The molecule has 0 saturated heterocycles. The second-order valence-corrected chi connectivity index (χ2v) is 4.57. The molecule has 0 aliphatic rings. The Morgan fingerprint density at radius 3 is 3.06 bits per heavy atom. The van der Waals surface area contributed by atoms with E-state index in [9.17, 15) is 4.79 Å². The van der Waals surface area contributed by atoms with Crippen molar-refractivity contribution in [1.82, 2.24) is 15.2 Å². The summed E-state index contributed by atoms with van der Waals surface area (Å²) in [6.45, 7) is 3.25. The molecule has 1 amide bonds. The van der Waals surface area contributed by atoms with Gasteiger partial charge in [-0.3, -0.25) is 9.69 Å². The van der Waals surface area contributed by atoms with Gasteiger partial charge in [0.25, 0.3) is 0 Å². The maximum absolute atomic E-state index is 11.3. The molecule has 0 fully saturated rings. The summed E-state index contributed by atoms with van der Waals surface area (Å²) >= 11 is 1.61. The second kappa shape index (κ2) is 6.26. The van der Waals surface area contributed by atoms with Gasteiger partial charge in [-0.1, -0.05) is 5.92 Å². The third-order valence-corrected chi connectivity index (χ3v) is 2.72. The van der Waals surface area contributed by atoms with Gasteiger partial charge in [0.2, 0.25) is 5.91 Å². The van der Waals surface area contributed by atoms with Gasteiger partial charge in [-0.15, -0.1) is 17.8 Å². The van der Waals surface area contributed by atoms with Crippen LogP contribution in [0.5, 0.6) is 0 Å². The maximum Gasteiger partial charge on any atom is 0.234 e. The molecule has 86 valence electrons. The fraction of sp³-hybridized carbons (Fsp3) is 0.455. The van der Waals surface area contributed by atoms with Gasteiger partial charge in [-0.05, 0) is 14.0 Å². The van der Waals surface area contributed by atoms with Crippen LogP contribution in [0, 0.1) is 19.3 Å². The first kappa shape index (κ1) is 12.7. The number of hydrogen-bond acceptors (Lipinski definition) is 4. The van der Waals surface area contributed by atoms with Gasteiger partial charge in [0.15, 0.2) is 0 Å². The molecular formula is C11H15N3OS. The predicted molar refractivity (Wildman–Crippen MR) is 65.0 cm³/mol. The average molecular weight is 237 g/mol. The SMILES string of the molecule is C#CCNC(=O)CN(C)Cc1csc(C)n1. The molecule has 0 aromatic carbocycles. The van der Waals surface area contributed by atoms with Crippen molar-refractivity contribution >= 4 is 17.2 Å². The van der Waals surface area contributed by atoms with Crippen molar-refractivity contribution < 1.29 is 4.79 Å². The van der Waals surface area contributed by atoms with Crippen LogP contribution in [0.25, 0.3) is 0 Å². The molecule has 0 bridgehead atoms. The lowest BCUT2D eigenvalue weighted by Crippen LogP contribution is -2.35. The predicted octanol–water partition coefficient (Wildman–Crippen LogP) is 0.633. The normalized spacial score (nSPS) is 10.1. The molecule has 1 aromatic heterocycles. The van der Waals surface area contributed by atoms with E-state index < -0.39 is 0 Å². The van der Waals surface area contributed by atoms with Crippen molar-refractivity contribution in [3.8, 4) is 12.3 Å². The molecule has 0 atom stereocenters. The highest BCUT2D eigenvalue weighted by Crippen LogP contribution is 2.09. The van der Waals surface area contributed by atoms with Crippen molar-refractivity contribution in [2.45, 2.75) is 13.5 Å². The standard InChI is InChI=1S/C11H15N3OS/c1-4-5-12-11(15)7-14(3)6-10-8-16-9(2)13-10/h1,8H,5-7H2,2-3H3,(H,12,15). The van der Waals surface area contributed by atoms with Crippen LogP contribution in [0.2, 0.25) is 0 Å². The van der Waals surface area contributed by atoms with Crippen LogP contribution >= 0.6 is 11.3 Å². The first-order chi connectivity index (χ1) is 7.61. The van der Waals surface area contributed by atoms with E-state index >= 15 is 0 Å². The zero-order valence-electron chi connectivity index (χ0n) is 9.49. The number of amides is 1. The molecule has 1 aromatic rings. The summed E-state index contributed by atoms with van der Waals surface area (Å²) in [6.07, 6.45) is 5.05. The van der Waals surface area contributed by atoms with Gasteiger partial charge < -0.3 is 5.32 Å². The minimum Gasteiger partial charge on any atom is -0.344 e. The zero-order chi connectivity index (χ0) is 12.0. The molecular weight excluding hydrogens is 222 g/mol. The number of terminal acetylenes is 1. The van der Waals surface area contributed by atoms with E-state index in [4.69, 9.17) is 6.42 Å². The molecule has 16 heavy (non-hydrogen) atoms. The highest BCUT2D eigenvalue weighted by Gasteiger charge is 2.07. The van der Waals surface area contributed by atoms with Crippen LogP contribution in [-0.2, 0) is 11.3 Å². The lowest BCUT2D eigenvalue weighted by Gasteiger charge is -2.14. The minimum absolute atomic E-state index is 0.0626. The Morgan fingerprint density at radius 1 is 1.75 bits per heavy atom. The average Bonchev–Trinajstić information content (AvgIpc) is 2.60. The Bertz CT molecular complexity index is 394. The molecule has 5 heteroatoms. The Labute approximate surface area is 99.7 Å². The number of aromatic nitrogens is 1. The monoisotopic (exact) mass is 237 g/mol. The third-order valence-electron chi connectivity index (χ3n) is 1.90. The van der Waals surface area contributed by atoms with Gasteiger partial charge in [0.05, 0.1) is 23.8 Å². The van der Waals surface area contributed by atoms with Gasteiger partial charge >= 0.3 is 0 Å². The largest absolute Gasteiger partial charge is 0.344 e.